The fraction of sp³-hybridized carbons (Fsp3) is 0.0952. The molecule has 3 nitrogen and oxygen atoms in total. The molecule has 2 aromatic heterocycles. The Kier molecular flexibility index (Phi) is 3.54. The highest BCUT2D eigenvalue weighted by atomic mass is 14.9. The van der Waals surface area contributed by atoms with Crippen LogP contribution in [0.4, 0.5) is 0 Å². The lowest BCUT2D eigenvalue weighted by molar-refractivity contribution is -0.658. The van der Waals surface area contributed by atoms with E-state index in [-0.39, 0.29) is 0 Å². The first-order valence-electron chi connectivity index (χ1n) is 7.99. The predicted octanol–water partition coefficient (Wildman–Crippen LogP) is 4.10. The molecule has 0 N–H and O–H groups in total. The minimum atomic E-state index is 0.940. The van der Waals surface area contributed by atoms with Crippen molar-refractivity contribution in [1.82, 2.24) is 9.97 Å². The minimum absolute atomic E-state index is 0.940. The Bertz CT molecular complexity index is 1020. The van der Waals surface area contributed by atoms with Crippen molar-refractivity contribution < 1.29 is 4.57 Å². The molecule has 4 rings (SSSR count). The van der Waals surface area contributed by atoms with Gasteiger partial charge in [-0.25, -0.2) is 9.97 Å². The molecule has 2 aromatic carbocycles. The average Bonchev–Trinajstić information content (AvgIpc) is 2.62. The number of pyridine rings is 1. The molecule has 0 aliphatic rings. The number of aryl methyl sites for hydroxylation is 2. The third kappa shape index (κ3) is 2.35. The monoisotopic (exact) mass is 312 g/mol. The molecule has 0 saturated heterocycles. The molecule has 116 valence electrons. The molecule has 0 aliphatic carbocycles. The highest BCUT2D eigenvalue weighted by Gasteiger charge is 2.23. The van der Waals surface area contributed by atoms with E-state index in [1.54, 1.807) is 12.5 Å². The lowest BCUT2D eigenvalue weighted by atomic mass is 9.94. The van der Waals surface area contributed by atoms with E-state index >= 15 is 0 Å². The largest absolute Gasteiger partial charge is 0.245 e. The number of hydrogen-bond acceptors (Lipinski definition) is 2. The zero-order valence-corrected chi connectivity index (χ0v) is 13.8. The third-order valence-corrected chi connectivity index (χ3v) is 4.39. The molecule has 24 heavy (non-hydrogen) atoms. The summed E-state index contributed by atoms with van der Waals surface area (Å²) in [4.78, 5) is 8.61. The molecule has 0 fully saturated rings. The molecule has 0 aliphatic heterocycles. The normalized spacial score (nSPS) is 10.9. The second kappa shape index (κ2) is 5.85. The van der Waals surface area contributed by atoms with E-state index in [1.807, 2.05) is 6.07 Å². The van der Waals surface area contributed by atoms with Crippen LogP contribution in [0.25, 0.3) is 33.3 Å². The van der Waals surface area contributed by atoms with Crippen molar-refractivity contribution in [3.8, 4) is 22.5 Å². The smallest absolute Gasteiger partial charge is 0.222 e. The summed E-state index contributed by atoms with van der Waals surface area (Å²) >= 11 is 0. The van der Waals surface area contributed by atoms with Crippen LogP contribution in [-0.4, -0.2) is 9.97 Å². The quantitative estimate of drug-likeness (QED) is 0.522. The molecule has 4 aromatic rings. The molecule has 0 spiro atoms. The van der Waals surface area contributed by atoms with Crippen LogP contribution in [0.3, 0.4) is 0 Å². The Morgan fingerprint density at radius 2 is 1.71 bits per heavy atom. The van der Waals surface area contributed by atoms with Gasteiger partial charge < -0.3 is 0 Å². The number of aromatic nitrogens is 3. The fourth-order valence-corrected chi connectivity index (χ4v) is 3.28. The molecule has 0 saturated carbocycles. The Morgan fingerprint density at radius 1 is 0.917 bits per heavy atom. The summed E-state index contributed by atoms with van der Waals surface area (Å²) in [6.45, 7) is 2.15. The second-order valence-corrected chi connectivity index (χ2v) is 5.96. The molecule has 0 unspecified atom stereocenters. The summed E-state index contributed by atoms with van der Waals surface area (Å²) < 4.78 is 2.20. The van der Waals surface area contributed by atoms with Crippen molar-refractivity contribution in [2.24, 2.45) is 7.05 Å². The number of nitrogens with zero attached hydrogens (tertiary/aromatic N) is 3. The first-order chi connectivity index (χ1) is 11.8. The zero-order chi connectivity index (χ0) is 16.5. The third-order valence-electron chi connectivity index (χ3n) is 4.39. The molecule has 0 bridgehead atoms. The van der Waals surface area contributed by atoms with Crippen molar-refractivity contribution in [1.29, 1.82) is 0 Å². The standard InChI is InChI=1S/C21H18N3/c1-15-7-3-5-9-17(15)21-20(19-11-12-22-14-23-19)18-10-6-4-8-16(18)13-24(21)2/h3-14H,1-2H3/q+1. The van der Waals surface area contributed by atoms with Gasteiger partial charge in [0.25, 0.3) is 0 Å². The van der Waals surface area contributed by atoms with Crippen molar-refractivity contribution in [2.75, 3.05) is 0 Å². The van der Waals surface area contributed by atoms with Gasteiger partial charge in [-0.05, 0) is 30.7 Å². The van der Waals surface area contributed by atoms with Crippen molar-refractivity contribution in [3.05, 3.63) is 78.9 Å². The average molecular weight is 312 g/mol. The van der Waals surface area contributed by atoms with Crippen molar-refractivity contribution >= 4 is 10.8 Å². The maximum Gasteiger partial charge on any atom is 0.222 e. The van der Waals surface area contributed by atoms with Crippen LogP contribution in [0.2, 0.25) is 0 Å². The molecule has 0 amide bonds. The van der Waals surface area contributed by atoms with Crippen LogP contribution in [-0.2, 0) is 7.05 Å². The molecular formula is C21H18N3+. The highest BCUT2D eigenvalue weighted by Crippen LogP contribution is 2.35. The van der Waals surface area contributed by atoms with Crippen LogP contribution in [0.1, 0.15) is 5.56 Å². The summed E-state index contributed by atoms with van der Waals surface area (Å²) in [5.41, 5.74) is 5.73. The minimum Gasteiger partial charge on any atom is -0.245 e. The number of benzene rings is 2. The van der Waals surface area contributed by atoms with Crippen molar-refractivity contribution in [2.45, 2.75) is 6.92 Å². The van der Waals surface area contributed by atoms with Gasteiger partial charge in [-0.15, -0.1) is 0 Å². The molecule has 0 atom stereocenters. The maximum atomic E-state index is 4.53. The fourth-order valence-electron chi connectivity index (χ4n) is 3.28. The van der Waals surface area contributed by atoms with E-state index in [0.717, 1.165) is 11.3 Å². The lowest BCUT2D eigenvalue weighted by Crippen LogP contribution is -2.31. The Morgan fingerprint density at radius 3 is 2.50 bits per heavy atom. The van der Waals surface area contributed by atoms with E-state index in [0.29, 0.717) is 0 Å². The van der Waals surface area contributed by atoms with Crippen LogP contribution < -0.4 is 4.57 Å². The van der Waals surface area contributed by atoms with Gasteiger partial charge in [-0.3, -0.25) is 0 Å². The molecule has 0 radical (unpaired) electrons. The first-order valence-corrected chi connectivity index (χ1v) is 7.99. The van der Waals surface area contributed by atoms with E-state index in [9.17, 15) is 0 Å². The summed E-state index contributed by atoms with van der Waals surface area (Å²) in [6.07, 6.45) is 5.59. The van der Waals surface area contributed by atoms with Gasteiger partial charge >= 0.3 is 0 Å². The molecule has 3 heteroatoms. The maximum absolute atomic E-state index is 4.53. The van der Waals surface area contributed by atoms with Crippen LogP contribution >= 0.6 is 0 Å². The Labute approximate surface area is 141 Å². The van der Waals surface area contributed by atoms with E-state index in [4.69, 9.17) is 0 Å². The highest BCUT2D eigenvalue weighted by molar-refractivity contribution is 6.00. The summed E-state index contributed by atoms with van der Waals surface area (Å²) in [6, 6.07) is 18.9. The van der Waals surface area contributed by atoms with E-state index in [2.05, 4.69) is 83.2 Å². The molecule has 2 heterocycles. The van der Waals surface area contributed by atoms with Gasteiger partial charge in [-0.1, -0.05) is 36.4 Å². The van der Waals surface area contributed by atoms with E-state index < -0.39 is 0 Å². The van der Waals surface area contributed by atoms with Gasteiger partial charge in [0.2, 0.25) is 5.69 Å². The van der Waals surface area contributed by atoms with Crippen LogP contribution in [0, 0.1) is 6.92 Å². The van der Waals surface area contributed by atoms with Crippen LogP contribution in [0.5, 0.6) is 0 Å². The topological polar surface area (TPSA) is 29.7 Å². The van der Waals surface area contributed by atoms with E-state index in [1.165, 1.54) is 27.6 Å². The lowest BCUT2D eigenvalue weighted by Gasteiger charge is -2.12. The summed E-state index contributed by atoms with van der Waals surface area (Å²) in [5, 5.41) is 2.40. The zero-order valence-electron chi connectivity index (χ0n) is 13.8. The van der Waals surface area contributed by atoms with Crippen LogP contribution in [0.15, 0.2) is 73.3 Å². The van der Waals surface area contributed by atoms with Crippen molar-refractivity contribution in [3.63, 3.8) is 0 Å². The van der Waals surface area contributed by atoms with Gasteiger partial charge in [0.05, 0.1) is 11.3 Å². The second-order valence-electron chi connectivity index (χ2n) is 5.96. The Hall–Kier alpha value is -3.07. The summed E-state index contributed by atoms with van der Waals surface area (Å²) in [7, 11) is 2.10. The van der Waals surface area contributed by atoms with Gasteiger partial charge in [-0.2, -0.15) is 4.57 Å². The van der Waals surface area contributed by atoms with Gasteiger partial charge in [0, 0.05) is 22.5 Å². The SMILES string of the molecule is Cc1ccccc1-c1c(-c2ccncn2)c2ccccc2c[n+]1C. The van der Waals surface area contributed by atoms with Gasteiger partial charge in [0.1, 0.15) is 13.4 Å². The summed E-state index contributed by atoms with van der Waals surface area (Å²) in [5.74, 6) is 0. The predicted molar refractivity (Wildman–Crippen MR) is 96.3 cm³/mol. The number of rotatable bonds is 2. The molecular weight excluding hydrogens is 294 g/mol. The first kappa shape index (κ1) is 14.5. The number of fused-ring (bicyclic) bond motifs is 1. The Balaban J connectivity index is 2.17. The number of hydrogen-bond donors (Lipinski definition) is 0. The van der Waals surface area contributed by atoms with Gasteiger partial charge in [0.15, 0.2) is 6.20 Å².